The van der Waals surface area contributed by atoms with Crippen molar-refractivity contribution in [2.75, 3.05) is 33.9 Å². The minimum atomic E-state index is 0. The Labute approximate surface area is 174 Å². The zero-order valence-electron chi connectivity index (χ0n) is 16.2. The number of guanidine groups is 1. The second-order valence-corrected chi connectivity index (χ2v) is 6.64. The molecule has 6 nitrogen and oxygen atoms in total. The lowest BCUT2D eigenvalue weighted by molar-refractivity contribution is 0.105. The Kier molecular flexibility index (Phi) is 10.9. The number of hydrogen-bond donors (Lipinski definition) is 2. The largest absolute Gasteiger partial charge is 0.481 e. The molecule has 0 aromatic carbocycles. The molecule has 0 atom stereocenters. The minimum Gasteiger partial charge on any atom is -0.481 e. The molecular weight excluding hydrogens is 443 g/mol. The van der Waals surface area contributed by atoms with Crippen molar-refractivity contribution >= 4 is 29.9 Å². The monoisotopic (exact) mass is 476 g/mol. The number of halogens is 1. The molecule has 2 N–H and O–H groups in total. The Bertz CT molecular complexity index is 531. The number of aromatic nitrogens is 1. The summed E-state index contributed by atoms with van der Waals surface area (Å²) in [7, 11) is 3.43. The summed E-state index contributed by atoms with van der Waals surface area (Å²) in [6.07, 6.45) is 8.11. The molecule has 0 saturated heterocycles. The molecule has 0 unspecified atom stereocenters. The number of rotatable bonds is 9. The van der Waals surface area contributed by atoms with Gasteiger partial charge in [0.25, 0.3) is 0 Å². The van der Waals surface area contributed by atoms with E-state index >= 15 is 0 Å². The van der Waals surface area contributed by atoms with Gasteiger partial charge in [0.2, 0.25) is 5.88 Å². The van der Waals surface area contributed by atoms with E-state index < -0.39 is 0 Å². The van der Waals surface area contributed by atoms with Crippen LogP contribution in [0.4, 0.5) is 0 Å². The summed E-state index contributed by atoms with van der Waals surface area (Å²) in [5.41, 5.74) is 1.43. The first-order chi connectivity index (χ1) is 12.2. The van der Waals surface area contributed by atoms with Crippen LogP contribution in [0.2, 0.25) is 0 Å². The number of methoxy groups -OCH3 is 1. The van der Waals surface area contributed by atoms with Gasteiger partial charge in [-0.3, -0.25) is 4.99 Å². The lowest BCUT2D eigenvalue weighted by atomic mass is 9.83. The third-order valence-corrected chi connectivity index (χ3v) is 4.97. The number of hydrogen-bond acceptors (Lipinski definition) is 4. The lowest BCUT2D eigenvalue weighted by Gasteiger charge is -2.30. The van der Waals surface area contributed by atoms with Gasteiger partial charge in [-0.2, -0.15) is 0 Å². The second-order valence-electron chi connectivity index (χ2n) is 6.64. The van der Waals surface area contributed by atoms with Gasteiger partial charge in [-0.15, -0.1) is 24.0 Å². The molecule has 1 aliphatic rings. The van der Waals surface area contributed by atoms with Crippen LogP contribution < -0.4 is 15.4 Å². The second kappa shape index (κ2) is 12.3. The van der Waals surface area contributed by atoms with E-state index in [9.17, 15) is 0 Å². The van der Waals surface area contributed by atoms with Crippen LogP contribution in [-0.2, 0) is 11.3 Å². The van der Waals surface area contributed by atoms with Crippen molar-refractivity contribution in [3.63, 3.8) is 0 Å². The Morgan fingerprint density at radius 1 is 1.27 bits per heavy atom. The highest BCUT2D eigenvalue weighted by atomic mass is 127. The number of nitrogens with one attached hydrogen (secondary N) is 2. The van der Waals surface area contributed by atoms with E-state index in [1.54, 1.807) is 7.11 Å². The first-order valence-corrected chi connectivity index (χ1v) is 9.22. The van der Waals surface area contributed by atoms with Gasteiger partial charge in [-0.1, -0.05) is 18.9 Å². The zero-order chi connectivity index (χ0) is 18.0. The van der Waals surface area contributed by atoms with Crippen molar-refractivity contribution in [3.8, 4) is 5.88 Å². The van der Waals surface area contributed by atoms with Crippen molar-refractivity contribution in [2.45, 2.75) is 45.6 Å². The lowest BCUT2D eigenvalue weighted by Crippen LogP contribution is -2.43. The van der Waals surface area contributed by atoms with Gasteiger partial charge in [-0.05, 0) is 37.2 Å². The highest BCUT2D eigenvalue weighted by molar-refractivity contribution is 14.0. The first-order valence-electron chi connectivity index (χ1n) is 9.22. The van der Waals surface area contributed by atoms with Crippen molar-refractivity contribution in [1.82, 2.24) is 15.6 Å². The van der Waals surface area contributed by atoms with Crippen molar-refractivity contribution < 1.29 is 9.47 Å². The molecule has 0 aliphatic heterocycles. The maximum atomic E-state index is 5.59. The summed E-state index contributed by atoms with van der Waals surface area (Å²) in [6, 6.07) is 3.88. The molecular formula is C19H33IN4O2. The molecule has 1 aromatic rings. The van der Waals surface area contributed by atoms with Gasteiger partial charge in [0.05, 0.1) is 7.11 Å². The van der Waals surface area contributed by atoms with Gasteiger partial charge in [-0.25, -0.2) is 4.98 Å². The summed E-state index contributed by atoms with van der Waals surface area (Å²) >= 11 is 0. The van der Waals surface area contributed by atoms with Gasteiger partial charge in [0.15, 0.2) is 5.96 Å². The smallest absolute Gasteiger partial charge is 0.212 e. The standard InChI is InChI=1S/C19H32N4O2.HI/c1-4-25-12-11-19(9-5-6-10-19)15-23-18(20-2)22-14-16-7-8-17(24-3)21-13-16;/h7-8,13H,4-6,9-12,14-15H2,1-3H3,(H2,20,22,23);1H. The molecule has 7 heteroatoms. The summed E-state index contributed by atoms with van der Waals surface area (Å²) in [4.78, 5) is 8.57. The molecule has 1 aromatic heterocycles. The van der Waals surface area contributed by atoms with Gasteiger partial charge >= 0.3 is 0 Å². The predicted octanol–water partition coefficient (Wildman–Crippen LogP) is 3.36. The molecule has 0 bridgehead atoms. The molecule has 1 aliphatic carbocycles. The van der Waals surface area contributed by atoms with Gasteiger partial charge < -0.3 is 20.1 Å². The molecule has 1 fully saturated rings. The van der Waals surface area contributed by atoms with Crippen LogP contribution in [0.15, 0.2) is 23.3 Å². The van der Waals surface area contributed by atoms with E-state index in [2.05, 4.69) is 27.5 Å². The molecule has 26 heavy (non-hydrogen) atoms. The number of ether oxygens (including phenoxy) is 2. The van der Waals surface area contributed by atoms with Crippen molar-refractivity contribution in [3.05, 3.63) is 23.9 Å². The maximum absolute atomic E-state index is 5.59. The van der Waals surface area contributed by atoms with Crippen LogP contribution in [0, 0.1) is 5.41 Å². The third kappa shape index (κ3) is 7.26. The van der Waals surface area contributed by atoms with Crippen molar-refractivity contribution in [1.29, 1.82) is 0 Å². The van der Waals surface area contributed by atoms with E-state index in [1.165, 1.54) is 25.7 Å². The summed E-state index contributed by atoms with van der Waals surface area (Å²) < 4.78 is 10.7. The number of nitrogens with zero attached hydrogens (tertiary/aromatic N) is 2. The molecule has 1 saturated carbocycles. The fourth-order valence-electron chi connectivity index (χ4n) is 3.39. The van der Waals surface area contributed by atoms with E-state index in [0.717, 1.165) is 37.7 Å². The Morgan fingerprint density at radius 3 is 2.62 bits per heavy atom. The Morgan fingerprint density at radius 2 is 2.04 bits per heavy atom. The van der Waals surface area contributed by atoms with E-state index in [4.69, 9.17) is 9.47 Å². The van der Waals surface area contributed by atoms with E-state index in [-0.39, 0.29) is 24.0 Å². The van der Waals surface area contributed by atoms with Gasteiger partial charge in [0, 0.05) is 45.6 Å². The number of aliphatic imine (C=N–C) groups is 1. The van der Waals surface area contributed by atoms with Crippen LogP contribution >= 0.6 is 24.0 Å². The van der Waals surface area contributed by atoms with Crippen LogP contribution in [0.1, 0.15) is 44.6 Å². The van der Waals surface area contributed by atoms with Crippen LogP contribution in [0.5, 0.6) is 5.88 Å². The Hall–Kier alpha value is -1.09. The Balaban J connectivity index is 0.00000338. The fraction of sp³-hybridized carbons (Fsp3) is 0.684. The topological polar surface area (TPSA) is 67.8 Å². The minimum absolute atomic E-state index is 0. The molecule has 0 amide bonds. The zero-order valence-corrected chi connectivity index (χ0v) is 18.5. The molecule has 2 rings (SSSR count). The van der Waals surface area contributed by atoms with Crippen LogP contribution in [0.3, 0.4) is 0 Å². The van der Waals surface area contributed by atoms with Crippen molar-refractivity contribution in [2.24, 2.45) is 10.4 Å². The van der Waals surface area contributed by atoms with E-state index in [0.29, 0.717) is 17.8 Å². The summed E-state index contributed by atoms with van der Waals surface area (Å²) in [6.45, 7) is 5.33. The predicted molar refractivity (Wildman–Crippen MR) is 116 cm³/mol. The summed E-state index contributed by atoms with van der Waals surface area (Å²) in [5, 5.41) is 6.87. The molecule has 1 heterocycles. The van der Waals surface area contributed by atoms with Crippen LogP contribution in [0.25, 0.3) is 0 Å². The normalized spacial score (nSPS) is 16.0. The summed E-state index contributed by atoms with van der Waals surface area (Å²) in [5.74, 6) is 1.46. The van der Waals surface area contributed by atoms with E-state index in [1.807, 2.05) is 25.4 Å². The highest BCUT2D eigenvalue weighted by Gasteiger charge is 2.33. The molecule has 0 radical (unpaired) electrons. The average Bonchev–Trinajstić information content (AvgIpc) is 3.11. The average molecular weight is 476 g/mol. The first kappa shape index (κ1) is 23.0. The fourth-order valence-corrected chi connectivity index (χ4v) is 3.39. The SMILES string of the molecule is CCOCCC1(CNC(=NC)NCc2ccc(OC)nc2)CCCC1.I. The molecule has 148 valence electrons. The molecule has 0 spiro atoms. The quantitative estimate of drug-likeness (QED) is 0.248. The number of pyridine rings is 1. The third-order valence-electron chi connectivity index (χ3n) is 4.97. The highest BCUT2D eigenvalue weighted by Crippen LogP contribution is 2.40. The maximum Gasteiger partial charge on any atom is 0.212 e. The van der Waals surface area contributed by atoms with Crippen LogP contribution in [-0.4, -0.2) is 44.9 Å². The van der Waals surface area contributed by atoms with Gasteiger partial charge in [0.1, 0.15) is 0 Å².